The van der Waals surface area contributed by atoms with E-state index in [-0.39, 0.29) is 0 Å². The summed E-state index contributed by atoms with van der Waals surface area (Å²) in [5.74, 6) is 1.29. The SMILES string of the molecule is OC(CNc1ncc(Br)cn1)c1cc(-c2ccco2)cs1. The standard InChI is InChI=1S/C14H12BrN3O2S/c15-10-5-16-14(17-6-10)18-7-11(19)13-4-9(8-21-13)12-2-1-3-20-12/h1-6,8,11,19H,7H2,(H,16,17,18). The summed E-state index contributed by atoms with van der Waals surface area (Å²) >= 11 is 4.77. The third-order valence-electron chi connectivity index (χ3n) is 2.83. The first-order chi connectivity index (χ1) is 10.2. The highest BCUT2D eigenvalue weighted by Crippen LogP contribution is 2.29. The molecule has 0 saturated heterocycles. The fourth-order valence-corrected chi connectivity index (χ4v) is 2.88. The summed E-state index contributed by atoms with van der Waals surface area (Å²) in [6.45, 7) is 0.347. The van der Waals surface area contributed by atoms with Gasteiger partial charge in [-0.25, -0.2) is 9.97 Å². The molecule has 0 aliphatic rings. The molecular formula is C14H12BrN3O2S. The summed E-state index contributed by atoms with van der Waals surface area (Å²) in [6.07, 6.45) is 4.32. The first-order valence-electron chi connectivity index (χ1n) is 6.24. The topological polar surface area (TPSA) is 71.2 Å². The van der Waals surface area contributed by atoms with E-state index in [1.54, 1.807) is 18.7 Å². The second-order valence-corrected chi connectivity index (χ2v) is 6.20. The van der Waals surface area contributed by atoms with Crippen LogP contribution in [0.5, 0.6) is 0 Å². The van der Waals surface area contributed by atoms with Crippen LogP contribution in [0.3, 0.4) is 0 Å². The van der Waals surface area contributed by atoms with E-state index >= 15 is 0 Å². The lowest BCUT2D eigenvalue weighted by Crippen LogP contribution is -2.12. The van der Waals surface area contributed by atoms with Gasteiger partial charge in [-0.2, -0.15) is 0 Å². The minimum atomic E-state index is -0.619. The zero-order valence-corrected chi connectivity index (χ0v) is 13.3. The van der Waals surface area contributed by atoms with Crippen molar-refractivity contribution < 1.29 is 9.52 Å². The Balaban J connectivity index is 1.63. The number of halogens is 1. The van der Waals surface area contributed by atoms with E-state index < -0.39 is 6.10 Å². The van der Waals surface area contributed by atoms with Crippen LogP contribution in [0.1, 0.15) is 11.0 Å². The average molecular weight is 366 g/mol. The monoisotopic (exact) mass is 365 g/mol. The normalized spacial score (nSPS) is 12.3. The number of furan rings is 1. The Hall–Kier alpha value is -1.70. The maximum atomic E-state index is 10.2. The maximum Gasteiger partial charge on any atom is 0.222 e. The molecule has 3 rings (SSSR count). The highest BCUT2D eigenvalue weighted by molar-refractivity contribution is 9.10. The largest absolute Gasteiger partial charge is 0.464 e. The van der Waals surface area contributed by atoms with Gasteiger partial charge >= 0.3 is 0 Å². The highest BCUT2D eigenvalue weighted by atomic mass is 79.9. The number of rotatable bonds is 5. The molecule has 2 N–H and O–H groups in total. The zero-order chi connectivity index (χ0) is 14.7. The second-order valence-electron chi connectivity index (χ2n) is 4.34. The third-order valence-corrected chi connectivity index (χ3v) is 4.27. The Morgan fingerprint density at radius 3 is 2.90 bits per heavy atom. The van der Waals surface area contributed by atoms with Crippen molar-refractivity contribution in [2.45, 2.75) is 6.10 Å². The highest BCUT2D eigenvalue weighted by Gasteiger charge is 2.12. The van der Waals surface area contributed by atoms with Gasteiger partial charge in [-0.1, -0.05) is 0 Å². The number of aliphatic hydroxyl groups excluding tert-OH is 1. The number of nitrogens with zero attached hydrogens (tertiary/aromatic N) is 2. The molecule has 0 saturated carbocycles. The molecule has 1 atom stereocenters. The molecule has 0 aliphatic heterocycles. The minimum Gasteiger partial charge on any atom is -0.464 e. The predicted octanol–water partition coefficient (Wildman–Crippen LogP) is 3.71. The van der Waals surface area contributed by atoms with Crippen LogP contribution < -0.4 is 5.32 Å². The summed E-state index contributed by atoms with van der Waals surface area (Å²) in [5, 5.41) is 15.2. The van der Waals surface area contributed by atoms with Crippen molar-refractivity contribution in [3.8, 4) is 11.3 Å². The third kappa shape index (κ3) is 3.49. The molecule has 0 bridgehead atoms. The molecule has 21 heavy (non-hydrogen) atoms. The number of anilines is 1. The Kier molecular flexibility index (Phi) is 4.33. The van der Waals surface area contributed by atoms with Crippen LogP contribution in [0.25, 0.3) is 11.3 Å². The molecule has 7 heteroatoms. The van der Waals surface area contributed by atoms with Gasteiger partial charge in [0, 0.05) is 34.8 Å². The van der Waals surface area contributed by atoms with E-state index in [2.05, 4.69) is 31.2 Å². The van der Waals surface area contributed by atoms with Crippen molar-refractivity contribution in [2.75, 3.05) is 11.9 Å². The molecule has 0 spiro atoms. The molecule has 0 fully saturated rings. The van der Waals surface area contributed by atoms with Gasteiger partial charge in [-0.3, -0.25) is 0 Å². The molecular weight excluding hydrogens is 354 g/mol. The Morgan fingerprint density at radius 1 is 1.38 bits per heavy atom. The van der Waals surface area contributed by atoms with Gasteiger partial charge in [-0.15, -0.1) is 11.3 Å². The van der Waals surface area contributed by atoms with E-state index in [9.17, 15) is 5.11 Å². The average Bonchev–Trinajstić information content (AvgIpc) is 3.17. The van der Waals surface area contributed by atoms with Crippen LogP contribution in [0, 0.1) is 0 Å². The molecule has 0 radical (unpaired) electrons. The van der Waals surface area contributed by atoms with Crippen molar-refractivity contribution >= 4 is 33.2 Å². The van der Waals surface area contributed by atoms with Gasteiger partial charge in [0.15, 0.2) is 0 Å². The van der Waals surface area contributed by atoms with Gasteiger partial charge < -0.3 is 14.8 Å². The van der Waals surface area contributed by atoms with E-state index in [1.165, 1.54) is 11.3 Å². The van der Waals surface area contributed by atoms with Crippen LogP contribution in [0.4, 0.5) is 5.95 Å². The van der Waals surface area contributed by atoms with E-state index in [0.717, 1.165) is 20.7 Å². The lowest BCUT2D eigenvalue weighted by molar-refractivity contribution is 0.195. The predicted molar refractivity (Wildman–Crippen MR) is 85.2 cm³/mol. The van der Waals surface area contributed by atoms with Gasteiger partial charge in [0.05, 0.1) is 10.7 Å². The van der Waals surface area contributed by atoms with Crippen molar-refractivity contribution in [1.82, 2.24) is 9.97 Å². The smallest absolute Gasteiger partial charge is 0.222 e. The van der Waals surface area contributed by atoms with Crippen LogP contribution >= 0.6 is 27.3 Å². The number of aromatic nitrogens is 2. The summed E-state index contributed by atoms with van der Waals surface area (Å²) in [4.78, 5) is 9.06. The summed E-state index contributed by atoms with van der Waals surface area (Å²) in [6, 6.07) is 5.67. The van der Waals surface area contributed by atoms with Crippen molar-refractivity contribution in [3.63, 3.8) is 0 Å². The van der Waals surface area contributed by atoms with E-state index in [4.69, 9.17) is 4.42 Å². The lowest BCUT2D eigenvalue weighted by Gasteiger charge is -2.09. The molecule has 1 unspecified atom stereocenters. The van der Waals surface area contributed by atoms with Gasteiger partial charge in [0.1, 0.15) is 11.9 Å². The fraction of sp³-hybridized carbons (Fsp3) is 0.143. The Bertz CT molecular complexity index is 697. The molecule has 3 aromatic rings. The molecule has 5 nitrogen and oxygen atoms in total. The van der Waals surface area contributed by atoms with Gasteiger partial charge in [0.2, 0.25) is 5.95 Å². The quantitative estimate of drug-likeness (QED) is 0.720. The number of nitrogens with one attached hydrogen (secondary N) is 1. The first-order valence-corrected chi connectivity index (χ1v) is 7.91. The van der Waals surface area contributed by atoms with Crippen molar-refractivity contribution in [1.29, 1.82) is 0 Å². The number of hydrogen-bond donors (Lipinski definition) is 2. The molecule has 0 amide bonds. The molecule has 0 aliphatic carbocycles. The number of aliphatic hydroxyl groups is 1. The molecule has 3 aromatic heterocycles. The number of thiophene rings is 1. The van der Waals surface area contributed by atoms with Crippen LogP contribution in [0.15, 0.2) is 51.1 Å². The van der Waals surface area contributed by atoms with Crippen molar-refractivity contribution in [2.24, 2.45) is 0 Å². The van der Waals surface area contributed by atoms with Gasteiger partial charge in [-0.05, 0) is 34.1 Å². The summed E-state index contributed by atoms with van der Waals surface area (Å²) in [7, 11) is 0. The number of hydrogen-bond acceptors (Lipinski definition) is 6. The van der Waals surface area contributed by atoms with Gasteiger partial charge in [0.25, 0.3) is 0 Å². The fourth-order valence-electron chi connectivity index (χ4n) is 1.79. The molecule has 3 heterocycles. The second kappa shape index (κ2) is 6.38. The maximum absolute atomic E-state index is 10.2. The van der Waals surface area contributed by atoms with Crippen LogP contribution in [-0.4, -0.2) is 21.6 Å². The Morgan fingerprint density at radius 2 is 2.19 bits per heavy atom. The Labute approximate surface area is 133 Å². The van der Waals surface area contributed by atoms with Crippen molar-refractivity contribution in [3.05, 3.63) is 51.6 Å². The van der Waals surface area contributed by atoms with E-state index in [0.29, 0.717) is 12.5 Å². The van der Waals surface area contributed by atoms with E-state index in [1.807, 2.05) is 23.6 Å². The lowest BCUT2D eigenvalue weighted by atomic mass is 10.2. The first kappa shape index (κ1) is 14.2. The minimum absolute atomic E-state index is 0.347. The van der Waals surface area contributed by atoms with Crippen LogP contribution in [-0.2, 0) is 0 Å². The zero-order valence-electron chi connectivity index (χ0n) is 10.9. The van der Waals surface area contributed by atoms with Crippen LogP contribution in [0.2, 0.25) is 0 Å². The molecule has 0 aromatic carbocycles. The summed E-state index contributed by atoms with van der Waals surface area (Å²) < 4.78 is 6.15. The molecule has 108 valence electrons. The summed E-state index contributed by atoms with van der Waals surface area (Å²) in [5.41, 5.74) is 0.971.